The minimum atomic E-state index is -0.284. The second-order valence-corrected chi connectivity index (χ2v) is 10.6. The summed E-state index contributed by atoms with van der Waals surface area (Å²) in [4.78, 5) is 18.5. The highest BCUT2D eigenvalue weighted by Gasteiger charge is 2.33. The summed E-state index contributed by atoms with van der Waals surface area (Å²) in [6.45, 7) is 11.8. The highest BCUT2D eigenvalue weighted by Crippen LogP contribution is 2.36. The third-order valence-electron chi connectivity index (χ3n) is 6.43. The van der Waals surface area contributed by atoms with Gasteiger partial charge in [0.25, 0.3) is 5.56 Å². The van der Waals surface area contributed by atoms with Gasteiger partial charge >= 0.3 is 0 Å². The summed E-state index contributed by atoms with van der Waals surface area (Å²) in [5, 5.41) is 13.7. The number of nitrogens with one attached hydrogen (secondary N) is 1. The molecule has 1 aliphatic heterocycles. The fourth-order valence-electron chi connectivity index (χ4n) is 4.79. The van der Waals surface area contributed by atoms with Gasteiger partial charge in [-0.15, -0.1) is 5.10 Å². The molecule has 1 aliphatic rings. The zero-order chi connectivity index (χ0) is 25.4. The fraction of sp³-hybridized carbons (Fsp3) is 0.407. The predicted octanol–water partition coefficient (Wildman–Crippen LogP) is 4.40. The summed E-state index contributed by atoms with van der Waals surface area (Å²) in [7, 11) is 0. The van der Waals surface area contributed by atoms with Crippen molar-refractivity contribution in [1.82, 2.24) is 30.1 Å². The molecule has 0 aliphatic carbocycles. The lowest BCUT2D eigenvalue weighted by atomic mass is 9.98. The van der Waals surface area contributed by atoms with Crippen molar-refractivity contribution in [2.24, 2.45) is 5.92 Å². The van der Waals surface area contributed by atoms with E-state index in [2.05, 4.69) is 72.2 Å². The van der Waals surface area contributed by atoms with E-state index >= 15 is 0 Å². The minimum Gasteiger partial charge on any atom is -0.454 e. The summed E-state index contributed by atoms with van der Waals surface area (Å²) in [6, 6.07) is 15.8. The number of benzene rings is 2. The first-order valence-electron chi connectivity index (χ1n) is 12.2. The van der Waals surface area contributed by atoms with E-state index in [9.17, 15) is 4.79 Å². The largest absolute Gasteiger partial charge is 0.454 e. The summed E-state index contributed by atoms with van der Waals surface area (Å²) < 4.78 is 12.9. The first-order valence-corrected chi connectivity index (χ1v) is 12.2. The van der Waals surface area contributed by atoms with E-state index in [0.717, 1.165) is 22.3 Å². The van der Waals surface area contributed by atoms with Crippen LogP contribution >= 0.6 is 0 Å². The molecule has 0 fully saturated rings. The Hall–Kier alpha value is -3.72. The first-order chi connectivity index (χ1) is 17.2. The van der Waals surface area contributed by atoms with Crippen LogP contribution in [0.15, 0.2) is 53.3 Å². The highest BCUT2D eigenvalue weighted by molar-refractivity contribution is 5.83. The summed E-state index contributed by atoms with van der Waals surface area (Å²) in [6.07, 6.45) is 0. The molecule has 0 saturated heterocycles. The quantitative estimate of drug-likeness (QED) is 0.412. The van der Waals surface area contributed by atoms with Crippen LogP contribution in [0.5, 0.6) is 11.5 Å². The number of rotatable bonds is 7. The number of nitrogens with zero attached hydrogens (tertiary/aromatic N) is 5. The smallest absolute Gasteiger partial charge is 0.252 e. The first kappa shape index (κ1) is 24.0. The number of fused-ring (bicyclic) bond motifs is 2. The lowest BCUT2D eigenvalue weighted by molar-refractivity contribution is 0.120. The molecule has 3 heterocycles. The summed E-state index contributed by atoms with van der Waals surface area (Å²) in [5.41, 5.74) is 2.13. The maximum absolute atomic E-state index is 13.2. The number of pyridine rings is 1. The van der Waals surface area contributed by atoms with E-state index in [1.807, 2.05) is 41.1 Å². The van der Waals surface area contributed by atoms with Crippen LogP contribution < -0.4 is 15.0 Å². The van der Waals surface area contributed by atoms with Crippen LogP contribution in [0, 0.1) is 5.92 Å². The molecular formula is C27H32N6O3. The number of aromatic nitrogens is 5. The van der Waals surface area contributed by atoms with Gasteiger partial charge in [0.05, 0.1) is 17.1 Å². The molecule has 0 radical (unpaired) electrons. The monoisotopic (exact) mass is 488 g/mol. The van der Waals surface area contributed by atoms with Crippen LogP contribution in [-0.4, -0.2) is 36.9 Å². The Bertz CT molecular complexity index is 1420. The molecule has 2 aromatic heterocycles. The van der Waals surface area contributed by atoms with Crippen molar-refractivity contribution in [2.45, 2.75) is 59.3 Å². The lowest BCUT2D eigenvalue weighted by Crippen LogP contribution is -2.37. The zero-order valence-corrected chi connectivity index (χ0v) is 21.4. The molecular weight excluding hydrogens is 456 g/mol. The Balaban J connectivity index is 1.58. The van der Waals surface area contributed by atoms with E-state index in [-0.39, 0.29) is 29.9 Å². The molecule has 0 spiro atoms. The molecule has 1 atom stereocenters. The molecule has 9 heteroatoms. The Labute approximate surface area is 210 Å². The molecule has 5 rings (SSSR count). The molecule has 0 unspecified atom stereocenters. The van der Waals surface area contributed by atoms with Gasteiger partial charge < -0.3 is 14.5 Å². The van der Waals surface area contributed by atoms with Gasteiger partial charge in [-0.25, -0.2) is 4.68 Å². The van der Waals surface area contributed by atoms with Gasteiger partial charge in [0.2, 0.25) is 6.79 Å². The van der Waals surface area contributed by atoms with Crippen LogP contribution in [0.4, 0.5) is 0 Å². The number of H-pyrrole nitrogens is 1. The third-order valence-corrected chi connectivity index (χ3v) is 6.43. The maximum atomic E-state index is 13.2. The Morgan fingerprint density at radius 2 is 1.78 bits per heavy atom. The van der Waals surface area contributed by atoms with Crippen molar-refractivity contribution in [3.8, 4) is 11.5 Å². The molecule has 4 aromatic rings. The number of aromatic amines is 1. The average molecular weight is 489 g/mol. The standard InChI is InChI=1S/C27H32N6O3/c1-17(2)24(25-29-30-31-33(25)27(3,4)5)32(14-18-9-7-6-8-10-18)15-20-11-19-12-22-23(36-16-35-22)13-21(19)28-26(20)34/h6-13,17,24H,14-16H2,1-5H3,(H,28,34)/t24-/m1/s1. The fourth-order valence-corrected chi connectivity index (χ4v) is 4.79. The normalized spacial score (nSPS) is 14.2. The lowest BCUT2D eigenvalue weighted by Gasteiger charge is -2.35. The van der Waals surface area contributed by atoms with Gasteiger partial charge in [-0.3, -0.25) is 9.69 Å². The van der Waals surface area contributed by atoms with Crippen molar-refractivity contribution in [2.75, 3.05) is 6.79 Å². The van der Waals surface area contributed by atoms with Gasteiger partial charge in [0.1, 0.15) is 0 Å². The van der Waals surface area contributed by atoms with Crippen molar-refractivity contribution >= 4 is 10.9 Å². The van der Waals surface area contributed by atoms with E-state index < -0.39 is 0 Å². The Kier molecular flexibility index (Phi) is 6.26. The Morgan fingerprint density at radius 1 is 1.06 bits per heavy atom. The maximum Gasteiger partial charge on any atom is 0.252 e. The molecule has 188 valence electrons. The van der Waals surface area contributed by atoms with Gasteiger partial charge in [-0.1, -0.05) is 44.2 Å². The predicted molar refractivity (Wildman–Crippen MR) is 137 cm³/mol. The van der Waals surface area contributed by atoms with Gasteiger partial charge in [0, 0.05) is 30.1 Å². The molecule has 0 bridgehead atoms. The Morgan fingerprint density at radius 3 is 2.47 bits per heavy atom. The van der Waals surface area contributed by atoms with Gasteiger partial charge in [-0.2, -0.15) is 0 Å². The van der Waals surface area contributed by atoms with Crippen molar-refractivity contribution in [1.29, 1.82) is 0 Å². The molecule has 2 aromatic carbocycles. The molecule has 0 saturated carbocycles. The van der Waals surface area contributed by atoms with Crippen LogP contribution in [0.2, 0.25) is 0 Å². The minimum absolute atomic E-state index is 0.119. The number of hydrogen-bond donors (Lipinski definition) is 1. The summed E-state index contributed by atoms with van der Waals surface area (Å²) in [5.74, 6) is 2.31. The van der Waals surface area contributed by atoms with Crippen molar-refractivity contribution in [3.05, 3.63) is 75.8 Å². The van der Waals surface area contributed by atoms with Crippen molar-refractivity contribution in [3.63, 3.8) is 0 Å². The number of ether oxygens (including phenoxy) is 2. The SMILES string of the molecule is CC(C)[C@H](c1nnnn1C(C)(C)C)N(Cc1ccccc1)Cc1cc2cc3c(cc2[nH]c1=O)OCO3. The second kappa shape index (κ2) is 9.39. The number of tetrazole rings is 1. The van der Waals surface area contributed by atoms with Crippen LogP contribution in [0.1, 0.15) is 57.6 Å². The topological polar surface area (TPSA) is 98.2 Å². The van der Waals surface area contributed by atoms with Crippen LogP contribution in [0.25, 0.3) is 10.9 Å². The molecule has 36 heavy (non-hydrogen) atoms. The van der Waals surface area contributed by atoms with E-state index in [1.54, 1.807) is 0 Å². The van der Waals surface area contributed by atoms with Gasteiger partial charge in [0.15, 0.2) is 17.3 Å². The zero-order valence-electron chi connectivity index (χ0n) is 21.4. The van der Waals surface area contributed by atoms with Gasteiger partial charge in [-0.05, 0) is 54.8 Å². The van der Waals surface area contributed by atoms with E-state index in [4.69, 9.17) is 9.47 Å². The molecule has 0 amide bonds. The van der Waals surface area contributed by atoms with E-state index in [1.165, 1.54) is 0 Å². The average Bonchev–Trinajstić information content (AvgIpc) is 3.48. The molecule has 1 N–H and O–H groups in total. The van der Waals surface area contributed by atoms with Crippen LogP contribution in [0.3, 0.4) is 0 Å². The number of hydrogen-bond acceptors (Lipinski definition) is 7. The van der Waals surface area contributed by atoms with E-state index in [0.29, 0.717) is 30.2 Å². The second-order valence-electron chi connectivity index (χ2n) is 10.6. The summed E-state index contributed by atoms with van der Waals surface area (Å²) >= 11 is 0. The van der Waals surface area contributed by atoms with Crippen molar-refractivity contribution < 1.29 is 9.47 Å². The highest BCUT2D eigenvalue weighted by atomic mass is 16.7. The molecule has 9 nitrogen and oxygen atoms in total. The van der Waals surface area contributed by atoms with Crippen LogP contribution in [-0.2, 0) is 18.6 Å². The third kappa shape index (κ3) is 4.70.